The summed E-state index contributed by atoms with van der Waals surface area (Å²) in [7, 11) is 0. The van der Waals surface area contributed by atoms with Gasteiger partial charge in [-0.25, -0.2) is 4.39 Å². The van der Waals surface area contributed by atoms with E-state index in [1.807, 2.05) is 30.3 Å². The fraction of sp³-hybridized carbons (Fsp3) is 0.440. The number of piperidine rings is 1. The standard InChI is InChI=1S/C25H30FN3O2/c26-21-7-3-6-20(15-21)25(12-1-2-13-25)24(31)28-22-10-8-18(9-11-22)16-29-14-4-5-19(17-29)23(27)30/h3,6-11,15,19H,1-2,4-5,12-14,16-17H2,(H2,27,30)(H,28,31). The van der Waals surface area contributed by atoms with Crippen LogP contribution in [0.4, 0.5) is 10.1 Å². The average molecular weight is 424 g/mol. The maximum absolute atomic E-state index is 13.8. The summed E-state index contributed by atoms with van der Waals surface area (Å²) in [6.07, 6.45) is 5.23. The largest absolute Gasteiger partial charge is 0.369 e. The molecule has 1 unspecified atom stereocenters. The van der Waals surface area contributed by atoms with E-state index in [-0.39, 0.29) is 23.5 Å². The number of anilines is 1. The molecule has 0 radical (unpaired) electrons. The van der Waals surface area contributed by atoms with Gasteiger partial charge in [0.2, 0.25) is 11.8 Å². The predicted octanol–water partition coefficient (Wildman–Crippen LogP) is 3.97. The molecule has 1 aliphatic heterocycles. The smallest absolute Gasteiger partial charge is 0.235 e. The summed E-state index contributed by atoms with van der Waals surface area (Å²) in [4.78, 5) is 27.0. The number of nitrogens with zero attached hydrogens (tertiary/aromatic N) is 1. The lowest BCUT2D eigenvalue weighted by Crippen LogP contribution is -2.40. The van der Waals surface area contributed by atoms with E-state index in [1.54, 1.807) is 6.07 Å². The van der Waals surface area contributed by atoms with Crippen LogP contribution in [0.2, 0.25) is 0 Å². The van der Waals surface area contributed by atoms with Gasteiger partial charge in [0.25, 0.3) is 0 Å². The van der Waals surface area contributed by atoms with Crippen LogP contribution in [0, 0.1) is 11.7 Å². The first-order chi connectivity index (χ1) is 15.0. The highest BCUT2D eigenvalue weighted by Gasteiger charge is 2.42. The normalized spacial score (nSPS) is 21.0. The summed E-state index contributed by atoms with van der Waals surface area (Å²) >= 11 is 0. The molecule has 2 amide bonds. The minimum absolute atomic E-state index is 0.0660. The van der Waals surface area contributed by atoms with Crippen molar-refractivity contribution in [3.63, 3.8) is 0 Å². The average Bonchev–Trinajstić information content (AvgIpc) is 3.27. The summed E-state index contributed by atoms with van der Waals surface area (Å²) in [5.41, 5.74) is 7.43. The van der Waals surface area contributed by atoms with Crippen LogP contribution in [-0.4, -0.2) is 29.8 Å². The van der Waals surface area contributed by atoms with Crippen LogP contribution in [0.3, 0.4) is 0 Å². The molecule has 6 heteroatoms. The molecule has 2 aromatic carbocycles. The van der Waals surface area contributed by atoms with Crippen LogP contribution in [0.15, 0.2) is 48.5 Å². The highest BCUT2D eigenvalue weighted by molar-refractivity contribution is 5.99. The number of halogens is 1. The van der Waals surface area contributed by atoms with Crippen molar-refractivity contribution in [1.29, 1.82) is 0 Å². The van der Waals surface area contributed by atoms with Gasteiger partial charge in [0.1, 0.15) is 5.82 Å². The van der Waals surface area contributed by atoms with Gasteiger partial charge in [-0.3, -0.25) is 14.5 Å². The molecule has 2 fully saturated rings. The minimum Gasteiger partial charge on any atom is -0.369 e. The molecule has 0 aromatic heterocycles. The first kappa shape index (κ1) is 21.5. The topological polar surface area (TPSA) is 75.4 Å². The number of carbonyl (C=O) groups excluding carboxylic acids is 2. The predicted molar refractivity (Wildman–Crippen MR) is 119 cm³/mol. The summed E-state index contributed by atoms with van der Waals surface area (Å²) < 4.78 is 13.8. The molecule has 4 rings (SSSR count). The van der Waals surface area contributed by atoms with Crippen molar-refractivity contribution in [2.24, 2.45) is 11.7 Å². The fourth-order valence-corrected chi connectivity index (χ4v) is 5.05. The molecule has 1 heterocycles. The van der Waals surface area contributed by atoms with Gasteiger partial charge in [-0.1, -0.05) is 37.1 Å². The monoisotopic (exact) mass is 423 g/mol. The molecular weight excluding hydrogens is 393 g/mol. The Balaban J connectivity index is 1.42. The van der Waals surface area contributed by atoms with Crippen molar-refractivity contribution in [1.82, 2.24) is 4.90 Å². The van der Waals surface area contributed by atoms with E-state index >= 15 is 0 Å². The van der Waals surface area contributed by atoms with Crippen LogP contribution >= 0.6 is 0 Å². The Kier molecular flexibility index (Phi) is 6.37. The van der Waals surface area contributed by atoms with E-state index in [0.29, 0.717) is 6.54 Å². The lowest BCUT2D eigenvalue weighted by atomic mass is 9.78. The van der Waals surface area contributed by atoms with Crippen molar-refractivity contribution < 1.29 is 14.0 Å². The van der Waals surface area contributed by atoms with E-state index < -0.39 is 5.41 Å². The zero-order chi connectivity index (χ0) is 21.8. The molecule has 0 bridgehead atoms. The first-order valence-corrected chi connectivity index (χ1v) is 11.1. The van der Waals surface area contributed by atoms with Crippen molar-refractivity contribution in [2.45, 2.75) is 50.5 Å². The fourth-order valence-electron chi connectivity index (χ4n) is 5.05. The maximum Gasteiger partial charge on any atom is 0.235 e. The Labute approximate surface area is 182 Å². The number of benzene rings is 2. The maximum atomic E-state index is 13.8. The first-order valence-electron chi connectivity index (χ1n) is 11.1. The van der Waals surface area contributed by atoms with Gasteiger partial charge < -0.3 is 11.1 Å². The number of carbonyl (C=O) groups is 2. The zero-order valence-corrected chi connectivity index (χ0v) is 17.8. The molecular formula is C25H30FN3O2. The molecule has 5 nitrogen and oxygen atoms in total. The van der Waals surface area contributed by atoms with Crippen LogP contribution in [-0.2, 0) is 21.5 Å². The number of likely N-dealkylation sites (tertiary alicyclic amines) is 1. The van der Waals surface area contributed by atoms with E-state index in [9.17, 15) is 14.0 Å². The quantitative estimate of drug-likeness (QED) is 0.738. The van der Waals surface area contributed by atoms with Crippen LogP contribution < -0.4 is 11.1 Å². The van der Waals surface area contributed by atoms with Crippen LogP contribution in [0.25, 0.3) is 0 Å². The SMILES string of the molecule is NC(=O)C1CCCN(Cc2ccc(NC(=O)C3(c4cccc(F)c4)CCCC3)cc2)C1. The third-order valence-electron chi connectivity index (χ3n) is 6.79. The van der Waals surface area contributed by atoms with Crippen LogP contribution in [0.5, 0.6) is 0 Å². The number of amides is 2. The Morgan fingerprint density at radius 1 is 1.10 bits per heavy atom. The van der Waals surface area contributed by atoms with Crippen LogP contribution in [0.1, 0.15) is 49.7 Å². The van der Waals surface area contributed by atoms with Gasteiger partial charge in [-0.05, 0) is 67.6 Å². The third kappa shape index (κ3) is 4.79. The zero-order valence-electron chi connectivity index (χ0n) is 17.8. The van der Waals surface area contributed by atoms with Gasteiger partial charge in [0.05, 0.1) is 11.3 Å². The Bertz CT molecular complexity index is 938. The van der Waals surface area contributed by atoms with E-state index in [1.165, 1.54) is 12.1 Å². The molecule has 0 spiro atoms. The Morgan fingerprint density at radius 3 is 2.52 bits per heavy atom. The molecule has 1 saturated heterocycles. The molecule has 1 atom stereocenters. The number of nitrogens with two attached hydrogens (primary N) is 1. The van der Waals surface area contributed by atoms with Gasteiger partial charge in [0, 0.05) is 18.8 Å². The lowest BCUT2D eigenvalue weighted by molar-refractivity contribution is -0.123. The number of nitrogens with one attached hydrogen (secondary N) is 1. The third-order valence-corrected chi connectivity index (χ3v) is 6.79. The molecule has 164 valence electrons. The summed E-state index contributed by atoms with van der Waals surface area (Å²) in [6.45, 7) is 2.41. The van der Waals surface area contributed by atoms with E-state index in [4.69, 9.17) is 5.73 Å². The summed E-state index contributed by atoms with van der Waals surface area (Å²) in [5.74, 6) is -0.666. The highest BCUT2D eigenvalue weighted by atomic mass is 19.1. The Hall–Kier alpha value is -2.73. The van der Waals surface area contributed by atoms with Crippen molar-refractivity contribution in [2.75, 3.05) is 18.4 Å². The highest BCUT2D eigenvalue weighted by Crippen LogP contribution is 2.42. The Morgan fingerprint density at radius 2 is 1.84 bits per heavy atom. The summed E-state index contributed by atoms with van der Waals surface area (Å²) in [6, 6.07) is 14.3. The second-order valence-corrected chi connectivity index (χ2v) is 8.93. The second kappa shape index (κ2) is 9.18. The number of primary amides is 1. The van der Waals surface area contributed by atoms with E-state index in [2.05, 4.69) is 10.2 Å². The molecule has 1 saturated carbocycles. The second-order valence-electron chi connectivity index (χ2n) is 8.93. The summed E-state index contributed by atoms with van der Waals surface area (Å²) in [5, 5.41) is 3.06. The van der Waals surface area contributed by atoms with E-state index in [0.717, 1.165) is 68.4 Å². The van der Waals surface area contributed by atoms with Crippen molar-refractivity contribution >= 4 is 17.5 Å². The molecule has 2 aliphatic rings. The molecule has 31 heavy (non-hydrogen) atoms. The number of hydrogen-bond acceptors (Lipinski definition) is 3. The van der Waals surface area contributed by atoms with Gasteiger partial charge in [0.15, 0.2) is 0 Å². The van der Waals surface area contributed by atoms with Crippen molar-refractivity contribution in [3.05, 3.63) is 65.5 Å². The van der Waals surface area contributed by atoms with Gasteiger partial charge in [-0.2, -0.15) is 0 Å². The number of hydrogen-bond donors (Lipinski definition) is 2. The van der Waals surface area contributed by atoms with Gasteiger partial charge >= 0.3 is 0 Å². The van der Waals surface area contributed by atoms with Gasteiger partial charge in [-0.15, -0.1) is 0 Å². The molecule has 1 aliphatic carbocycles. The lowest BCUT2D eigenvalue weighted by Gasteiger charge is -2.31. The molecule has 2 aromatic rings. The molecule has 3 N–H and O–H groups in total. The number of rotatable bonds is 6. The van der Waals surface area contributed by atoms with Crippen molar-refractivity contribution in [3.8, 4) is 0 Å². The minimum atomic E-state index is -0.668.